The van der Waals surface area contributed by atoms with Crippen molar-refractivity contribution in [2.45, 2.75) is 71.4 Å². The molecule has 1 unspecified atom stereocenters. The fraction of sp³-hybridized carbons (Fsp3) is 0.524. The minimum Gasteiger partial charge on any atom is -0.0576 e. The number of aryl methyl sites for hydroxylation is 2. The van der Waals surface area contributed by atoms with Gasteiger partial charge in [0, 0.05) is 16.3 Å². The summed E-state index contributed by atoms with van der Waals surface area (Å²) in [5, 5.41) is 6.92. The van der Waals surface area contributed by atoms with Crippen molar-refractivity contribution in [3.8, 4) is 0 Å². The van der Waals surface area contributed by atoms with Gasteiger partial charge in [0.2, 0.25) is 0 Å². The highest BCUT2D eigenvalue weighted by Crippen LogP contribution is 2.91. The number of benzene rings is 2. The Bertz CT molecular complexity index is 768. The molecule has 0 radical (unpaired) electrons. The van der Waals surface area contributed by atoms with E-state index in [9.17, 15) is 0 Å². The summed E-state index contributed by atoms with van der Waals surface area (Å²) >= 11 is 0. The van der Waals surface area contributed by atoms with E-state index in [1.807, 2.05) is 0 Å². The van der Waals surface area contributed by atoms with Crippen molar-refractivity contribution in [3.63, 3.8) is 0 Å². The predicted molar refractivity (Wildman–Crippen MR) is 110 cm³/mol. The molecule has 0 N–H and O–H groups in total. The topological polar surface area (TPSA) is 0 Å². The lowest BCUT2D eigenvalue weighted by atomic mass is 10.1. The number of hydrogen-bond donors (Lipinski definition) is 0. The van der Waals surface area contributed by atoms with Gasteiger partial charge >= 0.3 is 0 Å². The van der Waals surface area contributed by atoms with Crippen LogP contribution in [-0.4, -0.2) is 17.0 Å². The number of rotatable bonds is 3. The van der Waals surface area contributed by atoms with E-state index in [2.05, 4.69) is 65.8 Å². The Morgan fingerprint density at radius 3 is 1.87 bits per heavy atom. The van der Waals surface area contributed by atoms with Crippen molar-refractivity contribution < 1.29 is 0 Å². The number of hydrogen-bond acceptors (Lipinski definition) is 0. The summed E-state index contributed by atoms with van der Waals surface area (Å²) in [4.78, 5) is 0. The summed E-state index contributed by atoms with van der Waals surface area (Å²) in [5.41, 5.74) is 5.61. The van der Waals surface area contributed by atoms with Crippen molar-refractivity contribution in [2.24, 2.45) is 0 Å². The molecule has 0 aromatic heterocycles. The lowest BCUT2D eigenvalue weighted by Gasteiger charge is -2.38. The molecule has 1 aliphatic carbocycles. The molecule has 2 aromatic carbocycles. The smallest absolute Gasteiger partial charge is 0.0576 e. The van der Waals surface area contributed by atoms with E-state index in [4.69, 9.17) is 0 Å². The molecule has 2 heteroatoms. The fourth-order valence-electron chi connectivity index (χ4n) is 5.39. The standard InChI is InChI=1S/C21H29P2/c1-13(2)22-18-11-9-16-7-8-17-10-12-19(21(18)20(16)17)23(22,14(3)4)15(5)6/h9-15H,7-8H2,1-6H3/q+1. The zero-order valence-corrected chi connectivity index (χ0v) is 17.1. The molecule has 4 rings (SSSR count). The van der Waals surface area contributed by atoms with Gasteiger partial charge in [-0.15, -0.1) is 0 Å². The normalized spacial score (nSPS) is 21.3. The predicted octanol–water partition coefficient (Wildman–Crippen LogP) is 5.84. The van der Waals surface area contributed by atoms with Gasteiger partial charge in [-0.05, 0) is 69.2 Å². The van der Waals surface area contributed by atoms with Gasteiger partial charge in [0.25, 0.3) is 0 Å². The van der Waals surface area contributed by atoms with Crippen molar-refractivity contribution in [2.75, 3.05) is 0 Å². The molecule has 2 aliphatic rings. The maximum atomic E-state index is 2.56. The van der Waals surface area contributed by atoms with E-state index in [-0.39, 0.29) is 7.61 Å². The quantitative estimate of drug-likeness (QED) is 0.614. The second-order valence-electron chi connectivity index (χ2n) is 8.10. The summed E-state index contributed by atoms with van der Waals surface area (Å²) in [6.07, 6.45) is 2.51. The monoisotopic (exact) mass is 343 g/mol. The third kappa shape index (κ3) is 1.86. The van der Waals surface area contributed by atoms with Crippen LogP contribution < -0.4 is 10.6 Å². The first kappa shape index (κ1) is 16.1. The highest BCUT2D eigenvalue weighted by Gasteiger charge is 2.60. The van der Waals surface area contributed by atoms with E-state index >= 15 is 0 Å². The molecule has 1 atom stereocenters. The molecule has 0 saturated carbocycles. The van der Waals surface area contributed by atoms with E-state index in [1.54, 1.807) is 32.5 Å². The van der Waals surface area contributed by atoms with Crippen molar-refractivity contribution >= 4 is 35.9 Å². The molecule has 23 heavy (non-hydrogen) atoms. The summed E-state index contributed by atoms with van der Waals surface area (Å²) in [6, 6.07) is 10.1. The van der Waals surface area contributed by atoms with Gasteiger partial charge < -0.3 is 0 Å². The molecule has 0 spiro atoms. The van der Waals surface area contributed by atoms with E-state index in [0.29, 0.717) is 0 Å². The van der Waals surface area contributed by atoms with Crippen molar-refractivity contribution in [1.29, 1.82) is 0 Å². The maximum Gasteiger partial charge on any atom is 0.106 e. The van der Waals surface area contributed by atoms with Gasteiger partial charge in [-0.25, -0.2) is 0 Å². The van der Waals surface area contributed by atoms with Crippen LogP contribution in [0.25, 0.3) is 10.8 Å². The van der Waals surface area contributed by atoms with Gasteiger partial charge in [0.15, 0.2) is 0 Å². The minimum atomic E-state index is -1.16. The second kappa shape index (κ2) is 5.28. The van der Waals surface area contributed by atoms with Gasteiger partial charge in [-0.2, -0.15) is 0 Å². The Labute approximate surface area is 143 Å². The first-order valence-electron chi connectivity index (χ1n) is 9.16. The Kier molecular flexibility index (Phi) is 3.68. The third-order valence-corrected chi connectivity index (χ3v) is 20.4. The SMILES string of the molecule is CC(C)P1c2ccc3c4c(ccc(c24)[P+]1(C(C)C)C(C)C)CC3. The van der Waals surface area contributed by atoms with E-state index < -0.39 is 6.95 Å². The fourth-order valence-corrected chi connectivity index (χ4v) is 20.3. The van der Waals surface area contributed by atoms with Crippen LogP contribution in [0.5, 0.6) is 0 Å². The van der Waals surface area contributed by atoms with Crippen molar-refractivity contribution in [3.05, 3.63) is 35.4 Å². The van der Waals surface area contributed by atoms with Crippen LogP contribution in [0.4, 0.5) is 0 Å². The molecule has 0 fully saturated rings. The zero-order chi connectivity index (χ0) is 16.5. The first-order valence-corrected chi connectivity index (χ1v) is 13.2. The maximum absolute atomic E-state index is 2.56. The van der Waals surface area contributed by atoms with Crippen LogP contribution in [0, 0.1) is 0 Å². The Balaban J connectivity index is 2.16. The molecule has 0 amide bonds. The lowest BCUT2D eigenvalue weighted by Crippen LogP contribution is -2.24. The zero-order valence-electron chi connectivity index (χ0n) is 15.4. The van der Waals surface area contributed by atoms with E-state index in [0.717, 1.165) is 17.0 Å². The van der Waals surface area contributed by atoms with Gasteiger partial charge in [-0.1, -0.05) is 26.0 Å². The van der Waals surface area contributed by atoms with Gasteiger partial charge in [0.1, 0.15) is 5.30 Å². The third-order valence-electron chi connectivity index (χ3n) is 6.01. The molecular formula is C21H29P2+. The molecule has 0 bridgehead atoms. The largest absolute Gasteiger partial charge is 0.106 e. The first-order chi connectivity index (χ1) is 10.9. The minimum absolute atomic E-state index is 0.0621. The molecule has 1 heterocycles. The average molecular weight is 343 g/mol. The van der Waals surface area contributed by atoms with Gasteiger partial charge in [-0.3, -0.25) is 0 Å². The summed E-state index contributed by atoms with van der Waals surface area (Å²) in [5.74, 6) is 0. The van der Waals surface area contributed by atoms with Crippen LogP contribution in [-0.2, 0) is 12.8 Å². The molecule has 0 nitrogen and oxygen atoms in total. The molecule has 0 saturated heterocycles. The van der Waals surface area contributed by atoms with Crippen LogP contribution in [0.2, 0.25) is 0 Å². The summed E-state index contributed by atoms with van der Waals surface area (Å²) in [6.45, 7) is 13.9. The van der Waals surface area contributed by atoms with Crippen LogP contribution >= 0.6 is 14.6 Å². The molecule has 2 aromatic rings. The molecule has 1 aliphatic heterocycles. The van der Waals surface area contributed by atoms with E-state index in [1.165, 1.54) is 12.8 Å². The van der Waals surface area contributed by atoms with Crippen LogP contribution in [0.1, 0.15) is 52.7 Å². The highest BCUT2D eigenvalue weighted by molar-refractivity contribution is 8.46. The summed E-state index contributed by atoms with van der Waals surface area (Å²) in [7, 11) is -0.0621. The summed E-state index contributed by atoms with van der Waals surface area (Å²) < 4.78 is 0. The van der Waals surface area contributed by atoms with Crippen LogP contribution in [0.15, 0.2) is 24.3 Å². The molecular weight excluding hydrogens is 314 g/mol. The Morgan fingerprint density at radius 1 is 0.783 bits per heavy atom. The van der Waals surface area contributed by atoms with Gasteiger partial charge in [0.05, 0.1) is 25.9 Å². The second-order valence-corrected chi connectivity index (χ2v) is 17.6. The Hall–Kier alpha value is -0.440. The molecule has 122 valence electrons. The highest BCUT2D eigenvalue weighted by atomic mass is 32.1. The van der Waals surface area contributed by atoms with Crippen molar-refractivity contribution in [1.82, 2.24) is 0 Å². The average Bonchev–Trinajstić information content (AvgIpc) is 3.01. The van der Waals surface area contributed by atoms with Crippen LogP contribution in [0.3, 0.4) is 0 Å². The Morgan fingerprint density at radius 2 is 1.35 bits per heavy atom. The lowest BCUT2D eigenvalue weighted by molar-refractivity contribution is 1.01.